The van der Waals surface area contributed by atoms with E-state index in [2.05, 4.69) is 4.74 Å². The first kappa shape index (κ1) is 19.8. The third-order valence-corrected chi connectivity index (χ3v) is 5.36. The van der Waals surface area contributed by atoms with Crippen LogP contribution in [-0.2, 0) is 22.5 Å². The largest absolute Gasteiger partial charge is 0.435 e. The second-order valence-corrected chi connectivity index (χ2v) is 7.54. The van der Waals surface area contributed by atoms with Crippen LogP contribution in [0.3, 0.4) is 0 Å². The molecule has 1 unspecified atom stereocenters. The molecule has 2 aromatic rings. The zero-order chi connectivity index (χ0) is 19.1. The summed E-state index contributed by atoms with van der Waals surface area (Å²) < 4.78 is 34.4. The van der Waals surface area contributed by atoms with E-state index in [-0.39, 0.29) is 17.8 Å². The van der Waals surface area contributed by atoms with Crippen LogP contribution in [0.25, 0.3) is 0 Å². The number of aryl methyl sites for hydroxylation is 1. The van der Waals surface area contributed by atoms with Crippen LogP contribution in [0.15, 0.2) is 41.8 Å². The van der Waals surface area contributed by atoms with Gasteiger partial charge >= 0.3 is 6.61 Å². The van der Waals surface area contributed by atoms with Gasteiger partial charge in [0.15, 0.2) is 0 Å². The molecule has 0 saturated carbocycles. The van der Waals surface area contributed by atoms with Crippen LogP contribution >= 0.6 is 11.3 Å². The summed E-state index contributed by atoms with van der Waals surface area (Å²) in [5.41, 5.74) is 0.915. The van der Waals surface area contributed by atoms with E-state index in [0.717, 1.165) is 29.9 Å². The Balaban J connectivity index is 1.56. The number of thiophene rings is 1. The van der Waals surface area contributed by atoms with Crippen molar-refractivity contribution < 1.29 is 23.0 Å². The van der Waals surface area contributed by atoms with Gasteiger partial charge in [-0.05, 0) is 48.4 Å². The first-order valence-corrected chi connectivity index (χ1v) is 9.93. The molecule has 1 aliphatic rings. The maximum absolute atomic E-state index is 12.8. The van der Waals surface area contributed by atoms with Crippen LogP contribution in [0, 0.1) is 0 Å². The molecule has 27 heavy (non-hydrogen) atoms. The minimum Gasteiger partial charge on any atom is -0.435 e. The molecule has 3 rings (SSSR count). The Morgan fingerprint density at radius 1 is 1.30 bits per heavy atom. The summed E-state index contributed by atoms with van der Waals surface area (Å²) >= 11 is 1.64. The third-order valence-electron chi connectivity index (χ3n) is 4.50. The summed E-state index contributed by atoms with van der Waals surface area (Å²) in [5, 5.41) is 2.01. The fourth-order valence-electron chi connectivity index (χ4n) is 3.13. The zero-order valence-corrected chi connectivity index (χ0v) is 15.8. The van der Waals surface area contributed by atoms with Crippen molar-refractivity contribution >= 4 is 17.2 Å². The number of carbonyl (C=O) groups excluding carboxylic acids is 1. The Morgan fingerprint density at radius 2 is 2.11 bits per heavy atom. The Kier molecular flexibility index (Phi) is 7.18. The number of ether oxygens (including phenoxy) is 2. The van der Waals surface area contributed by atoms with Crippen molar-refractivity contribution in [2.75, 3.05) is 13.2 Å². The lowest BCUT2D eigenvalue weighted by atomic mass is 10.1. The summed E-state index contributed by atoms with van der Waals surface area (Å²) in [4.78, 5) is 15.8. The molecule has 0 aliphatic carbocycles. The number of rotatable bonds is 9. The van der Waals surface area contributed by atoms with Crippen molar-refractivity contribution in [2.24, 2.45) is 0 Å². The van der Waals surface area contributed by atoms with E-state index in [1.807, 2.05) is 22.4 Å². The number of alkyl halides is 2. The molecule has 1 saturated heterocycles. The fourth-order valence-corrected chi connectivity index (χ4v) is 3.85. The maximum Gasteiger partial charge on any atom is 0.387 e. The number of hydrogen-bond donors (Lipinski definition) is 0. The number of carbonyl (C=O) groups is 1. The maximum atomic E-state index is 12.8. The minimum atomic E-state index is -2.83. The van der Waals surface area contributed by atoms with Crippen molar-refractivity contribution in [1.29, 1.82) is 0 Å². The van der Waals surface area contributed by atoms with Gasteiger partial charge in [-0.2, -0.15) is 8.78 Å². The molecule has 1 aliphatic heterocycles. The third kappa shape index (κ3) is 6.29. The van der Waals surface area contributed by atoms with Gasteiger partial charge in [0.2, 0.25) is 5.91 Å². The van der Waals surface area contributed by atoms with Gasteiger partial charge in [-0.25, -0.2) is 0 Å². The Morgan fingerprint density at radius 3 is 2.74 bits per heavy atom. The van der Waals surface area contributed by atoms with E-state index >= 15 is 0 Å². The summed E-state index contributed by atoms with van der Waals surface area (Å²) in [7, 11) is 0. The van der Waals surface area contributed by atoms with E-state index in [0.29, 0.717) is 25.9 Å². The highest BCUT2D eigenvalue weighted by atomic mass is 32.1. The molecule has 4 nitrogen and oxygen atoms in total. The summed E-state index contributed by atoms with van der Waals surface area (Å²) in [6.07, 6.45) is 3.06. The van der Waals surface area contributed by atoms with Crippen molar-refractivity contribution in [1.82, 2.24) is 4.90 Å². The number of halogens is 2. The molecule has 0 radical (unpaired) electrons. The predicted molar refractivity (Wildman–Crippen MR) is 100 cm³/mol. The minimum absolute atomic E-state index is 0.0757. The van der Waals surface area contributed by atoms with Gasteiger partial charge in [0.1, 0.15) is 5.75 Å². The van der Waals surface area contributed by atoms with Crippen molar-refractivity contribution in [3.05, 3.63) is 52.2 Å². The predicted octanol–water partition coefficient (Wildman–Crippen LogP) is 4.49. The van der Waals surface area contributed by atoms with Gasteiger partial charge in [-0.15, -0.1) is 11.3 Å². The van der Waals surface area contributed by atoms with Crippen LogP contribution in [0.2, 0.25) is 0 Å². The van der Waals surface area contributed by atoms with Crippen LogP contribution in [0.4, 0.5) is 8.78 Å². The summed E-state index contributed by atoms with van der Waals surface area (Å²) in [6, 6.07) is 10.5. The van der Waals surface area contributed by atoms with Crippen molar-refractivity contribution in [3.8, 4) is 5.75 Å². The molecule has 2 heterocycles. The second kappa shape index (κ2) is 9.80. The standard InChI is InChI=1S/C20H23F2NO3S/c21-20(22)26-16-8-5-15(6-9-16)7-10-19(24)23(13-17-3-1-11-25-17)14-18-4-2-12-27-18/h2,4-6,8-9,12,17,20H,1,3,7,10-11,13-14H2. The molecule has 1 atom stereocenters. The molecule has 0 N–H and O–H groups in total. The second-order valence-electron chi connectivity index (χ2n) is 6.51. The van der Waals surface area contributed by atoms with Crippen LogP contribution in [-0.4, -0.2) is 36.7 Å². The van der Waals surface area contributed by atoms with Crippen LogP contribution < -0.4 is 4.74 Å². The van der Waals surface area contributed by atoms with Gasteiger partial charge in [0.25, 0.3) is 0 Å². The van der Waals surface area contributed by atoms with Gasteiger partial charge in [-0.1, -0.05) is 18.2 Å². The first-order chi connectivity index (χ1) is 13.1. The molecule has 1 aromatic carbocycles. The highest BCUT2D eigenvalue weighted by molar-refractivity contribution is 7.09. The summed E-state index contributed by atoms with van der Waals surface area (Å²) in [5.74, 6) is 0.199. The van der Waals surface area contributed by atoms with E-state index in [9.17, 15) is 13.6 Å². The van der Waals surface area contributed by atoms with Gasteiger partial charge in [0, 0.05) is 24.4 Å². The highest BCUT2D eigenvalue weighted by Crippen LogP contribution is 2.19. The fraction of sp³-hybridized carbons (Fsp3) is 0.450. The van der Waals surface area contributed by atoms with Crippen molar-refractivity contribution in [2.45, 2.75) is 44.9 Å². The number of nitrogens with zero attached hydrogens (tertiary/aromatic N) is 1. The topological polar surface area (TPSA) is 38.8 Å². The molecule has 1 fully saturated rings. The lowest BCUT2D eigenvalue weighted by Gasteiger charge is -2.25. The lowest BCUT2D eigenvalue weighted by Crippen LogP contribution is -2.36. The first-order valence-electron chi connectivity index (χ1n) is 9.05. The average Bonchev–Trinajstić information content (AvgIpc) is 3.34. The smallest absolute Gasteiger partial charge is 0.387 e. The Bertz CT molecular complexity index is 701. The SMILES string of the molecule is O=C(CCc1ccc(OC(F)F)cc1)N(Cc1cccs1)CC1CCCO1. The van der Waals surface area contributed by atoms with Gasteiger partial charge in [0.05, 0.1) is 12.6 Å². The molecule has 7 heteroatoms. The van der Waals surface area contributed by atoms with Gasteiger partial charge in [-0.3, -0.25) is 4.79 Å². The van der Waals surface area contributed by atoms with E-state index in [1.54, 1.807) is 23.5 Å². The number of amides is 1. The van der Waals surface area contributed by atoms with Crippen LogP contribution in [0.1, 0.15) is 29.7 Å². The lowest BCUT2D eigenvalue weighted by molar-refractivity contribution is -0.133. The van der Waals surface area contributed by atoms with E-state index in [4.69, 9.17) is 4.74 Å². The van der Waals surface area contributed by atoms with Crippen LogP contribution in [0.5, 0.6) is 5.75 Å². The molecule has 0 bridgehead atoms. The number of benzene rings is 1. The molecular weight excluding hydrogens is 372 g/mol. The molecule has 0 spiro atoms. The normalized spacial score (nSPS) is 16.6. The highest BCUT2D eigenvalue weighted by Gasteiger charge is 2.23. The zero-order valence-electron chi connectivity index (χ0n) is 15.0. The quantitative estimate of drug-likeness (QED) is 0.628. The number of hydrogen-bond acceptors (Lipinski definition) is 4. The van der Waals surface area contributed by atoms with E-state index < -0.39 is 6.61 Å². The monoisotopic (exact) mass is 395 g/mol. The van der Waals surface area contributed by atoms with E-state index in [1.165, 1.54) is 12.1 Å². The Labute approximate surface area is 161 Å². The Hall–Kier alpha value is -1.99. The average molecular weight is 395 g/mol. The molecular formula is C20H23F2NO3S. The van der Waals surface area contributed by atoms with Gasteiger partial charge < -0.3 is 14.4 Å². The summed E-state index contributed by atoms with van der Waals surface area (Å²) in [6.45, 7) is -0.866. The molecule has 1 amide bonds. The van der Waals surface area contributed by atoms with Crippen molar-refractivity contribution in [3.63, 3.8) is 0 Å². The molecule has 146 valence electrons. The molecule has 1 aromatic heterocycles.